The molecule has 2 saturated heterocycles. The van der Waals surface area contributed by atoms with Gasteiger partial charge in [-0.2, -0.15) is 0 Å². The fourth-order valence-corrected chi connectivity index (χ4v) is 4.32. The summed E-state index contributed by atoms with van der Waals surface area (Å²) in [6.07, 6.45) is 2.47. The highest BCUT2D eigenvalue weighted by Crippen LogP contribution is 2.25. The summed E-state index contributed by atoms with van der Waals surface area (Å²) in [4.78, 5) is 20.8. The number of nitrogens with zero attached hydrogens (tertiary/aromatic N) is 2. The van der Waals surface area contributed by atoms with Crippen molar-refractivity contribution in [2.24, 2.45) is 5.92 Å². The first-order valence-corrected chi connectivity index (χ1v) is 9.28. The Bertz CT molecular complexity index is 763. The van der Waals surface area contributed by atoms with E-state index in [1.165, 1.54) is 10.9 Å². The summed E-state index contributed by atoms with van der Waals surface area (Å²) in [5.74, 6) is 0.761. The van der Waals surface area contributed by atoms with Crippen LogP contribution in [0.4, 0.5) is 0 Å². The highest BCUT2D eigenvalue weighted by molar-refractivity contribution is 5.90. The number of aryl methyl sites for hydroxylation is 1. The fraction of sp³-hybridized carbons (Fsp3) is 0.550. The smallest absolute Gasteiger partial charge is 0.227 e. The third-order valence-electron chi connectivity index (χ3n) is 5.79. The van der Waals surface area contributed by atoms with E-state index >= 15 is 0 Å². The molecule has 2 fully saturated rings. The lowest BCUT2D eigenvalue weighted by atomic mass is 10.0. The standard InChI is InChI=1S/C20H27N3O2/c1-14-4-3-5-17-16(11-21-20(14)17)10-19(24)23-12-15(2)18(13-23)22-6-8-25-9-7-22/h3-5,11,15,18,21H,6-10,12-13H2,1-2H3/t15-,18+/m1/s1. The molecule has 4 rings (SSSR count). The summed E-state index contributed by atoms with van der Waals surface area (Å²) in [6.45, 7) is 9.67. The molecule has 0 aliphatic carbocycles. The van der Waals surface area contributed by atoms with E-state index in [0.29, 0.717) is 18.4 Å². The minimum absolute atomic E-state index is 0.241. The number of H-pyrrole nitrogens is 1. The highest BCUT2D eigenvalue weighted by atomic mass is 16.5. The number of carbonyl (C=O) groups is 1. The molecule has 5 heteroatoms. The summed E-state index contributed by atoms with van der Waals surface area (Å²) < 4.78 is 5.46. The summed E-state index contributed by atoms with van der Waals surface area (Å²) in [5, 5.41) is 1.17. The van der Waals surface area contributed by atoms with E-state index in [4.69, 9.17) is 4.74 Å². The van der Waals surface area contributed by atoms with Crippen molar-refractivity contribution in [2.75, 3.05) is 39.4 Å². The Kier molecular flexibility index (Phi) is 4.52. The van der Waals surface area contributed by atoms with Gasteiger partial charge in [0.05, 0.1) is 19.6 Å². The molecule has 0 bridgehead atoms. The van der Waals surface area contributed by atoms with Crippen LogP contribution in [0.1, 0.15) is 18.1 Å². The van der Waals surface area contributed by atoms with Gasteiger partial charge in [0.25, 0.3) is 0 Å². The predicted molar refractivity (Wildman–Crippen MR) is 98.7 cm³/mol. The van der Waals surface area contributed by atoms with Gasteiger partial charge in [0.2, 0.25) is 5.91 Å². The van der Waals surface area contributed by atoms with Crippen LogP contribution in [0.15, 0.2) is 24.4 Å². The Morgan fingerprint density at radius 1 is 1.28 bits per heavy atom. The molecule has 1 amide bonds. The van der Waals surface area contributed by atoms with Crippen LogP contribution >= 0.6 is 0 Å². The minimum atomic E-state index is 0.241. The zero-order chi connectivity index (χ0) is 17.4. The Morgan fingerprint density at radius 2 is 2.08 bits per heavy atom. The van der Waals surface area contributed by atoms with Crippen LogP contribution in [-0.4, -0.2) is 66.1 Å². The topological polar surface area (TPSA) is 48.6 Å². The van der Waals surface area contributed by atoms with Crippen molar-refractivity contribution in [1.82, 2.24) is 14.8 Å². The molecule has 1 aromatic carbocycles. The van der Waals surface area contributed by atoms with Crippen LogP contribution in [0, 0.1) is 12.8 Å². The number of fused-ring (bicyclic) bond motifs is 1. The number of rotatable bonds is 3. The van der Waals surface area contributed by atoms with Crippen molar-refractivity contribution in [3.05, 3.63) is 35.5 Å². The lowest BCUT2D eigenvalue weighted by molar-refractivity contribution is -0.129. The first kappa shape index (κ1) is 16.6. The Labute approximate surface area is 148 Å². The molecule has 0 spiro atoms. The largest absolute Gasteiger partial charge is 0.379 e. The van der Waals surface area contributed by atoms with Gasteiger partial charge < -0.3 is 14.6 Å². The number of hydrogen-bond acceptors (Lipinski definition) is 3. The van der Waals surface area contributed by atoms with Crippen molar-refractivity contribution < 1.29 is 9.53 Å². The summed E-state index contributed by atoms with van der Waals surface area (Å²) in [5.41, 5.74) is 3.47. The molecule has 2 aliphatic heterocycles. The number of carbonyl (C=O) groups excluding carboxylic acids is 1. The second-order valence-electron chi connectivity index (χ2n) is 7.48. The van der Waals surface area contributed by atoms with Crippen LogP contribution in [0.5, 0.6) is 0 Å². The van der Waals surface area contributed by atoms with Gasteiger partial charge in [-0.05, 0) is 24.0 Å². The van der Waals surface area contributed by atoms with Crippen LogP contribution in [0.2, 0.25) is 0 Å². The van der Waals surface area contributed by atoms with Gasteiger partial charge in [-0.15, -0.1) is 0 Å². The molecular formula is C20H27N3O2. The normalized spacial score (nSPS) is 25.0. The number of benzene rings is 1. The molecule has 2 atom stereocenters. The molecule has 5 nitrogen and oxygen atoms in total. The molecular weight excluding hydrogens is 314 g/mol. The maximum Gasteiger partial charge on any atom is 0.227 e. The maximum absolute atomic E-state index is 12.9. The first-order chi connectivity index (χ1) is 12.1. The van der Waals surface area contributed by atoms with Crippen molar-refractivity contribution in [3.8, 4) is 0 Å². The number of aromatic amines is 1. The van der Waals surface area contributed by atoms with E-state index in [1.54, 1.807) is 0 Å². The van der Waals surface area contributed by atoms with Gasteiger partial charge in [-0.3, -0.25) is 9.69 Å². The summed E-state index contributed by atoms with van der Waals surface area (Å²) in [7, 11) is 0. The first-order valence-electron chi connectivity index (χ1n) is 9.28. The SMILES string of the molecule is Cc1cccc2c(CC(=O)N3C[C@@H](C)[C@@H](N4CCOCC4)C3)c[nH]c12. The Hall–Kier alpha value is -1.85. The average molecular weight is 341 g/mol. The fourth-order valence-electron chi connectivity index (χ4n) is 4.32. The molecule has 0 radical (unpaired) electrons. The van der Waals surface area contributed by atoms with Crippen LogP contribution < -0.4 is 0 Å². The number of hydrogen-bond donors (Lipinski definition) is 1. The zero-order valence-electron chi connectivity index (χ0n) is 15.1. The van der Waals surface area contributed by atoms with Crippen molar-refractivity contribution >= 4 is 16.8 Å². The molecule has 2 aromatic rings. The molecule has 0 saturated carbocycles. The van der Waals surface area contributed by atoms with Crippen LogP contribution in [0.25, 0.3) is 10.9 Å². The van der Waals surface area contributed by atoms with E-state index in [9.17, 15) is 4.79 Å². The molecule has 1 N–H and O–H groups in total. The number of para-hydroxylation sites is 1. The zero-order valence-corrected chi connectivity index (χ0v) is 15.1. The van der Waals surface area contributed by atoms with Gasteiger partial charge in [0.15, 0.2) is 0 Å². The van der Waals surface area contributed by atoms with Crippen LogP contribution in [-0.2, 0) is 16.0 Å². The molecule has 1 aromatic heterocycles. The summed E-state index contributed by atoms with van der Waals surface area (Å²) in [6, 6.07) is 6.73. The molecule has 0 unspecified atom stereocenters. The van der Waals surface area contributed by atoms with E-state index < -0.39 is 0 Å². The molecule has 25 heavy (non-hydrogen) atoms. The highest BCUT2D eigenvalue weighted by Gasteiger charge is 2.36. The number of amides is 1. The number of likely N-dealkylation sites (tertiary alicyclic amines) is 1. The number of ether oxygens (including phenoxy) is 1. The van der Waals surface area contributed by atoms with Gasteiger partial charge in [0.1, 0.15) is 0 Å². The number of nitrogens with one attached hydrogen (secondary N) is 1. The number of aromatic nitrogens is 1. The Morgan fingerprint density at radius 3 is 2.88 bits per heavy atom. The third-order valence-corrected chi connectivity index (χ3v) is 5.79. The van der Waals surface area contributed by atoms with E-state index in [1.807, 2.05) is 6.20 Å². The lowest BCUT2D eigenvalue weighted by Gasteiger charge is -2.34. The van der Waals surface area contributed by atoms with E-state index in [2.05, 4.69) is 46.8 Å². The van der Waals surface area contributed by atoms with E-state index in [-0.39, 0.29) is 5.91 Å². The third kappa shape index (κ3) is 3.18. The van der Waals surface area contributed by atoms with Gasteiger partial charge in [0, 0.05) is 49.3 Å². The predicted octanol–water partition coefficient (Wildman–Crippen LogP) is 2.20. The quantitative estimate of drug-likeness (QED) is 0.931. The summed E-state index contributed by atoms with van der Waals surface area (Å²) >= 11 is 0. The maximum atomic E-state index is 12.9. The van der Waals surface area contributed by atoms with Crippen molar-refractivity contribution in [1.29, 1.82) is 0 Å². The molecule has 3 heterocycles. The van der Waals surface area contributed by atoms with Gasteiger partial charge in [-0.25, -0.2) is 0 Å². The van der Waals surface area contributed by atoms with E-state index in [0.717, 1.165) is 50.5 Å². The minimum Gasteiger partial charge on any atom is -0.379 e. The lowest BCUT2D eigenvalue weighted by Crippen LogP contribution is -2.47. The second kappa shape index (κ2) is 6.81. The Balaban J connectivity index is 1.45. The van der Waals surface area contributed by atoms with Crippen molar-refractivity contribution in [3.63, 3.8) is 0 Å². The number of morpholine rings is 1. The van der Waals surface area contributed by atoms with Gasteiger partial charge in [-0.1, -0.05) is 25.1 Å². The average Bonchev–Trinajstić information content (AvgIpc) is 3.21. The molecule has 2 aliphatic rings. The molecule has 134 valence electrons. The second-order valence-corrected chi connectivity index (χ2v) is 7.48. The van der Waals surface area contributed by atoms with Gasteiger partial charge >= 0.3 is 0 Å². The van der Waals surface area contributed by atoms with Crippen molar-refractivity contribution in [2.45, 2.75) is 26.3 Å². The van der Waals surface area contributed by atoms with Crippen LogP contribution in [0.3, 0.4) is 0 Å². The monoisotopic (exact) mass is 341 g/mol.